The highest BCUT2D eigenvalue weighted by molar-refractivity contribution is 7.89. The Morgan fingerprint density at radius 3 is 2.04 bits per heavy atom. The number of nitrogens with zero attached hydrogens (tertiary/aromatic N) is 3. The van der Waals surface area contributed by atoms with Crippen LogP contribution in [0.2, 0.25) is 0 Å². The van der Waals surface area contributed by atoms with E-state index >= 15 is 0 Å². The summed E-state index contributed by atoms with van der Waals surface area (Å²) in [5.74, 6) is -0.262. The Bertz CT molecular complexity index is 826. The summed E-state index contributed by atoms with van der Waals surface area (Å²) < 4.78 is 32.2. The Morgan fingerprint density at radius 1 is 0.893 bits per heavy atom. The van der Waals surface area contributed by atoms with Crippen molar-refractivity contribution in [2.75, 3.05) is 39.3 Å². The lowest BCUT2D eigenvalue weighted by Gasteiger charge is -2.37. The van der Waals surface area contributed by atoms with Crippen molar-refractivity contribution in [3.63, 3.8) is 0 Å². The van der Waals surface area contributed by atoms with Crippen LogP contribution >= 0.6 is 0 Å². The van der Waals surface area contributed by atoms with E-state index in [2.05, 4.69) is 0 Å². The van der Waals surface area contributed by atoms with Gasteiger partial charge >= 0.3 is 0 Å². The Morgan fingerprint density at radius 2 is 1.46 bits per heavy atom. The van der Waals surface area contributed by atoms with Gasteiger partial charge in [-0.3, -0.25) is 9.59 Å². The normalized spacial score (nSPS) is 19.7. The summed E-state index contributed by atoms with van der Waals surface area (Å²) in [4.78, 5) is 28.4. The summed E-state index contributed by atoms with van der Waals surface area (Å²) in [6, 6.07) is 2.78. The van der Waals surface area contributed by atoms with Crippen molar-refractivity contribution in [2.24, 2.45) is 5.41 Å². The fourth-order valence-corrected chi connectivity index (χ4v) is 4.98. The van der Waals surface area contributed by atoms with E-state index in [1.807, 2.05) is 20.8 Å². The van der Waals surface area contributed by atoms with Crippen LogP contribution in [0.5, 0.6) is 0 Å². The van der Waals surface area contributed by atoms with Crippen molar-refractivity contribution in [2.45, 2.75) is 45.1 Å². The van der Waals surface area contributed by atoms with Gasteiger partial charge in [0.15, 0.2) is 5.76 Å². The molecule has 2 saturated heterocycles. The SMILES string of the molecule is CC(C)(C)C(=O)N1CCN(C(=O)c2ccc(S(=O)(=O)N3CCCCC3)o2)CC1. The van der Waals surface area contributed by atoms with E-state index in [4.69, 9.17) is 4.42 Å². The third-order valence-electron chi connectivity index (χ3n) is 5.20. The van der Waals surface area contributed by atoms with Crippen LogP contribution in [-0.2, 0) is 14.8 Å². The number of carbonyl (C=O) groups excluding carboxylic acids is 2. The van der Waals surface area contributed by atoms with Crippen molar-refractivity contribution in [1.82, 2.24) is 14.1 Å². The highest BCUT2D eigenvalue weighted by atomic mass is 32.2. The summed E-state index contributed by atoms with van der Waals surface area (Å²) in [5.41, 5.74) is -0.453. The molecule has 3 rings (SSSR count). The van der Waals surface area contributed by atoms with E-state index in [1.165, 1.54) is 16.4 Å². The maximum atomic E-state index is 12.7. The molecule has 0 aliphatic carbocycles. The van der Waals surface area contributed by atoms with Gasteiger partial charge in [-0.1, -0.05) is 27.2 Å². The van der Waals surface area contributed by atoms with E-state index in [-0.39, 0.29) is 22.7 Å². The zero-order valence-electron chi connectivity index (χ0n) is 16.8. The summed E-state index contributed by atoms with van der Waals surface area (Å²) >= 11 is 0. The van der Waals surface area contributed by atoms with Gasteiger partial charge in [0.2, 0.25) is 11.0 Å². The fourth-order valence-electron chi connectivity index (χ4n) is 3.55. The highest BCUT2D eigenvalue weighted by Crippen LogP contribution is 2.24. The van der Waals surface area contributed by atoms with Crippen LogP contribution in [0.15, 0.2) is 21.6 Å². The monoisotopic (exact) mass is 411 g/mol. The molecular formula is C19H29N3O5S. The molecule has 1 aromatic rings. The minimum atomic E-state index is -3.70. The highest BCUT2D eigenvalue weighted by Gasteiger charge is 2.33. The van der Waals surface area contributed by atoms with E-state index in [0.29, 0.717) is 39.3 Å². The van der Waals surface area contributed by atoms with Crippen LogP contribution in [0.3, 0.4) is 0 Å². The molecule has 8 nitrogen and oxygen atoms in total. The standard InChI is InChI=1S/C19H29N3O5S/c1-19(2,3)18(24)21-13-11-20(12-14-21)17(23)15-7-8-16(27-15)28(25,26)22-9-5-4-6-10-22/h7-8H,4-6,9-14H2,1-3H3. The van der Waals surface area contributed by atoms with Gasteiger partial charge in [0.05, 0.1) is 0 Å². The van der Waals surface area contributed by atoms with Crippen LogP contribution < -0.4 is 0 Å². The molecular weight excluding hydrogens is 382 g/mol. The minimum Gasteiger partial charge on any atom is -0.438 e. The molecule has 0 saturated carbocycles. The molecule has 0 atom stereocenters. The topological polar surface area (TPSA) is 91.1 Å². The third kappa shape index (κ3) is 4.25. The summed E-state index contributed by atoms with van der Waals surface area (Å²) in [6.07, 6.45) is 2.70. The van der Waals surface area contributed by atoms with Crippen LogP contribution in [-0.4, -0.2) is 73.6 Å². The van der Waals surface area contributed by atoms with Gasteiger partial charge in [0.25, 0.3) is 15.9 Å². The largest absolute Gasteiger partial charge is 0.438 e. The number of furan rings is 1. The molecule has 2 fully saturated rings. The Balaban J connectivity index is 1.64. The summed E-state index contributed by atoms with van der Waals surface area (Å²) in [6.45, 7) is 8.31. The lowest BCUT2D eigenvalue weighted by atomic mass is 9.94. The Hall–Kier alpha value is -1.87. The molecule has 3 heterocycles. The molecule has 0 radical (unpaired) electrons. The van der Waals surface area contributed by atoms with Crippen LogP contribution in [0, 0.1) is 5.41 Å². The molecule has 0 spiro atoms. The van der Waals surface area contributed by atoms with Crippen molar-refractivity contribution in [1.29, 1.82) is 0 Å². The average molecular weight is 412 g/mol. The lowest BCUT2D eigenvalue weighted by Crippen LogP contribution is -2.53. The second-order valence-corrected chi connectivity index (χ2v) is 10.3. The van der Waals surface area contributed by atoms with E-state index in [9.17, 15) is 18.0 Å². The number of sulfonamides is 1. The van der Waals surface area contributed by atoms with Crippen molar-refractivity contribution < 1.29 is 22.4 Å². The number of piperazine rings is 1. The third-order valence-corrected chi connectivity index (χ3v) is 6.97. The molecule has 0 aromatic carbocycles. The van der Waals surface area contributed by atoms with Gasteiger partial charge in [0.1, 0.15) is 0 Å². The van der Waals surface area contributed by atoms with Gasteiger partial charge in [-0.15, -0.1) is 0 Å². The maximum absolute atomic E-state index is 12.7. The maximum Gasteiger partial charge on any atom is 0.289 e. The molecule has 2 amide bonds. The molecule has 28 heavy (non-hydrogen) atoms. The van der Waals surface area contributed by atoms with Gasteiger partial charge < -0.3 is 14.2 Å². The minimum absolute atomic E-state index is 0.0196. The average Bonchev–Trinajstić information content (AvgIpc) is 3.18. The fraction of sp³-hybridized carbons (Fsp3) is 0.684. The molecule has 0 unspecified atom stereocenters. The van der Waals surface area contributed by atoms with Crippen LogP contribution in [0.1, 0.15) is 50.6 Å². The smallest absolute Gasteiger partial charge is 0.289 e. The van der Waals surface area contributed by atoms with Gasteiger partial charge in [-0.25, -0.2) is 8.42 Å². The van der Waals surface area contributed by atoms with Crippen LogP contribution in [0.4, 0.5) is 0 Å². The zero-order valence-corrected chi connectivity index (χ0v) is 17.6. The number of carbonyl (C=O) groups is 2. The molecule has 156 valence electrons. The summed E-state index contributed by atoms with van der Waals surface area (Å²) in [5, 5.41) is -0.181. The van der Waals surface area contributed by atoms with E-state index in [0.717, 1.165) is 19.3 Å². The first-order chi connectivity index (χ1) is 13.1. The second kappa shape index (κ2) is 7.87. The van der Waals surface area contributed by atoms with Gasteiger partial charge in [-0.05, 0) is 25.0 Å². The number of piperidine rings is 1. The molecule has 2 aliphatic rings. The quantitative estimate of drug-likeness (QED) is 0.756. The number of rotatable bonds is 3. The number of amides is 2. The van der Waals surface area contributed by atoms with Crippen molar-refractivity contribution in [3.05, 3.63) is 17.9 Å². The molecule has 2 aliphatic heterocycles. The first-order valence-electron chi connectivity index (χ1n) is 9.79. The van der Waals surface area contributed by atoms with E-state index in [1.54, 1.807) is 9.80 Å². The van der Waals surface area contributed by atoms with Crippen molar-refractivity contribution in [3.8, 4) is 0 Å². The molecule has 0 bridgehead atoms. The van der Waals surface area contributed by atoms with Gasteiger partial charge in [-0.2, -0.15) is 4.31 Å². The first-order valence-corrected chi connectivity index (χ1v) is 11.2. The first kappa shape index (κ1) is 20.9. The number of hydrogen-bond acceptors (Lipinski definition) is 5. The molecule has 9 heteroatoms. The van der Waals surface area contributed by atoms with E-state index < -0.39 is 15.4 Å². The lowest BCUT2D eigenvalue weighted by molar-refractivity contribution is -0.140. The Labute approximate surface area is 166 Å². The predicted octanol–water partition coefficient (Wildman–Crippen LogP) is 1.78. The zero-order chi connectivity index (χ0) is 20.5. The predicted molar refractivity (Wildman–Crippen MR) is 103 cm³/mol. The molecule has 0 N–H and O–H groups in total. The van der Waals surface area contributed by atoms with Crippen LogP contribution in [0.25, 0.3) is 0 Å². The molecule has 1 aromatic heterocycles. The Kier molecular flexibility index (Phi) is 5.86. The number of hydrogen-bond donors (Lipinski definition) is 0. The second-order valence-electron chi connectivity index (χ2n) is 8.42. The van der Waals surface area contributed by atoms with Crippen molar-refractivity contribution >= 4 is 21.8 Å². The summed E-state index contributed by atoms with van der Waals surface area (Å²) in [7, 11) is -3.70. The van der Waals surface area contributed by atoms with Gasteiger partial charge in [0, 0.05) is 44.7 Å².